The number of phenolic OH excluding ortho intramolecular Hbond substituents is 1. The summed E-state index contributed by atoms with van der Waals surface area (Å²) in [5, 5.41) is 13.0. The van der Waals surface area contributed by atoms with E-state index in [9.17, 15) is 5.11 Å². The number of fused-ring (bicyclic) bond motifs is 1. The molecule has 0 aromatic heterocycles. The third kappa shape index (κ3) is 2.36. The van der Waals surface area contributed by atoms with E-state index in [1.165, 1.54) is 11.1 Å². The minimum absolute atomic E-state index is 0.323. The molecule has 0 fully saturated rings. The van der Waals surface area contributed by atoms with Gasteiger partial charge in [-0.25, -0.2) is 0 Å². The van der Waals surface area contributed by atoms with Crippen molar-refractivity contribution >= 4 is 5.69 Å². The van der Waals surface area contributed by atoms with E-state index < -0.39 is 0 Å². The summed E-state index contributed by atoms with van der Waals surface area (Å²) in [5.41, 5.74) is 3.62. The second-order valence-electron chi connectivity index (χ2n) is 4.85. The molecule has 0 saturated heterocycles. The number of hydrogen-bond donors (Lipinski definition) is 2. The topological polar surface area (TPSA) is 41.5 Å². The molecule has 2 aromatic carbocycles. The number of benzene rings is 2. The van der Waals surface area contributed by atoms with Crippen LogP contribution in [0.5, 0.6) is 11.5 Å². The second-order valence-corrected chi connectivity index (χ2v) is 4.85. The van der Waals surface area contributed by atoms with E-state index in [-0.39, 0.29) is 0 Å². The van der Waals surface area contributed by atoms with Gasteiger partial charge in [-0.3, -0.25) is 0 Å². The molecule has 2 N–H and O–H groups in total. The van der Waals surface area contributed by atoms with Crippen LogP contribution >= 0.6 is 0 Å². The molecule has 0 saturated carbocycles. The highest BCUT2D eigenvalue weighted by molar-refractivity contribution is 5.51. The number of aromatic hydroxyl groups is 1. The molecule has 19 heavy (non-hydrogen) atoms. The molecule has 0 bridgehead atoms. The van der Waals surface area contributed by atoms with Gasteiger partial charge in [0.15, 0.2) is 0 Å². The minimum Gasteiger partial charge on any atom is -0.508 e. The fraction of sp³-hybridized carbons (Fsp3) is 0.250. The van der Waals surface area contributed by atoms with Gasteiger partial charge >= 0.3 is 0 Å². The van der Waals surface area contributed by atoms with Crippen LogP contribution in [0.3, 0.4) is 0 Å². The molecule has 0 amide bonds. The number of ether oxygens (including phenoxy) is 1. The molecular formula is C16H17NO2. The van der Waals surface area contributed by atoms with Crippen LogP contribution in [-0.2, 0) is 6.42 Å². The molecule has 1 unspecified atom stereocenters. The largest absolute Gasteiger partial charge is 0.508 e. The Hall–Kier alpha value is -2.16. The van der Waals surface area contributed by atoms with E-state index in [0.717, 1.165) is 24.3 Å². The first-order valence-corrected chi connectivity index (χ1v) is 6.48. The van der Waals surface area contributed by atoms with Gasteiger partial charge in [-0.15, -0.1) is 0 Å². The monoisotopic (exact) mass is 255 g/mol. The van der Waals surface area contributed by atoms with Gasteiger partial charge in [-0.2, -0.15) is 0 Å². The number of phenols is 1. The quantitative estimate of drug-likeness (QED) is 0.882. The van der Waals surface area contributed by atoms with Crippen molar-refractivity contribution in [2.75, 3.05) is 12.4 Å². The van der Waals surface area contributed by atoms with Crippen molar-refractivity contribution in [2.24, 2.45) is 0 Å². The molecule has 0 heterocycles. The van der Waals surface area contributed by atoms with Crippen molar-refractivity contribution in [3.8, 4) is 11.5 Å². The Kier molecular flexibility index (Phi) is 3.03. The molecule has 1 atom stereocenters. The zero-order valence-electron chi connectivity index (χ0n) is 10.9. The van der Waals surface area contributed by atoms with Gasteiger partial charge in [0.1, 0.15) is 11.5 Å². The Morgan fingerprint density at radius 3 is 2.68 bits per heavy atom. The van der Waals surface area contributed by atoms with E-state index in [1.807, 2.05) is 36.4 Å². The molecule has 1 aliphatic rings. The molecular weight excluding hydrogens is 238 g/mol. The molecule has 2 aromatic rings. The van der Waals surface area contributed by atoms with Crippen LogP contribution in [0.1, 0.15) is 23.6 Å². The summed E-state index contributed by atoms with van der Waals surface area (Å²) in [6.45, 7) is 0. The van der Waals surface area contributed by atoms with E-state index in [4.69, 9.17) is 4.74 Å². The number of aryl methyl sites for hydroxylation is 1. The van der Waals surface area contributed by atoms with Crippen molar-refractivity contribution < 1.29 is 9.84 Å². The van der Waals surface area contributed by atoms with Crippen LogP contribution < -0.4 is 10.1 Å². The lowest BCUT2D eigenvalue weighted by Gasteiger charge is -2.16. The van der Waals surface area contributed by atoms with Crippen LogP contribution in [0, 0.1) is 0 Å². The predicted octanol–water partition coefficient (Wildman–Crippen LogP) is 3.50. The smallest absolute Gasteiger partial charge is 0.119 e. The maximum absolute atomic E-state index is 9.50. The maximum Gasteiger partial charge on any atom is 0.119 e. The molecule has 0 spiro atoms. The summed E-state index contributed by atoms with van der Waals surface area (Å²) in [6, 6.07) is 13.9. The third-order valence-electron chi connectivity index (χ3n) is 3.64. The maximum atomic E-state index is 9.50. The Labute approximate surface area is 112 Å². The average molecular weight is 255 g/mol. The minimum atomic E-state index is 0.323. The highest BCUT2D eigenvalue weighted by Gasteiger charge is 2.22. The zero-order valence-corrected chi connectivity index (χ0v) is 10.9. The number of methoxy groups -OCH3 is 1. The SMILES string of the molecule is COc1ccc(NC2CCc3cc(O)ccc32)cc1. The van der Waals surface area contributed by atoms with Gasteiger partial charge in [0.05, 0.1) is 13.2 Å². The lowest BCUT2D eigenvalue weighted by Crippen LogP contribution is -2.06. The fourth-order valence-electron chi connectivity index (χ4n) is 2.64. The molecule has 3 nitrogen and oxygen atoms in total. The first kappa shape index (κ1) is 11.9. The average Bonchev–Trinajstić information content (AvgIpc) is 2.82. The lowest BCUT2D eigenvalue weighted by molar-refractivity contribution is 0.415. The van der Waals surface area contributed by atoms with Crippen molar-refractivity contribution in [1.82, 2.24) is 0 Å². The predicted molar refractivity (Wildman–Crippen MR) is 75.8 cm³/mol. The summed E-state index contributed by atoms with van der Waals surface area (Å²) < 4.78 is 5.15. The Balaban J connectivity index is 1.78. The van der Waals surface area contributed by atoms with Gasteiger partial charge in [-0.1, -0.05) is 6.07 Å². The molecule has 3 rings (SSSR count). The van der Waals surface area contributed by atoms with Crippen LogP contribution in [0.4, 0.5) is 5.69 Å². The van der Waals surface area contributed by atoms with Gasteiger partial charge < -0.3 is 15.2 Å². The van der Waals surface area contributed by atoms with Crippen LogP contribution in [-0.4, -0.2) is 12.2 Å². The highest BCUT2D eigenvalue weighted by atomic mass is 16.5. The van der Waals surface area contributed by atoms with Crippen molar-refractivity contribution in [1.29, 1.82) is 0 Å². The van der Waals surface area contributed by atoms with Gasteiger partial charge in [0.25, 0.3) is 0 Å². The number of hydrogen-bond acceptors (Lipinski definition) is 3. The van der Waals surface area contributed by atoms with Gasteiger partial charge in [0, 0.05) is 5.69 Å². The van der Waals surface area contributed by atoms with Crippen molar-refractivity contribution in [3.05, 3.63) is 53.6 Å². The highest BCUT2D eigenvalue weighted by Crippen LogP contribution is 2.35. The zero-order chi connectivity index (χ0) is 13.2. The number of nitrogens with one attached hydrogen (secondary N) is 1. The standard InChI is InChI=1S/C16H17NO2/c1-19-14-6-3-12(4-7-14)17-16-9-2-11-10-13(18)5-8-15(11)16/h3-8,10,16-18H,2,9H2,1H3. The van der Waals surface area contributed by atoms with Gasteiger partial charge in [0.2, 0.25) is 0 Å². The first-order valence-electron chi connectivity index (χ1n) is 6.48. The number of rotatable bonds is 3. The van der Waals surface area contributed by atoms with Crippen LogP contribution in [0.25, 0.3) is 0 Å². The molecule has 1 aliphatic carbocycles. The second kappa shape index (κ2) is 4.84. The summed E-state index contributed by atoms with van der Waals surface area (Å²) in [7, 11) is 1.67. The van der Waals surface area contributed by atoms with Crippen LogP contribution in [0.15, 0.2) is 42.5 Å². The summed E-state index contributed by atoms with van der Waals surface area (Å²) >= 11 is 0. The Bertz CT molecular complexity index is 578. The summed E-state index contributed by atoms with van der Waals surface area (Å²) in [6.07, 6.45) is 2.07. The van der Waals surface area contributed by atoms with Crippen molar-refractivity contribution in [2.45, 2.75) is 18.9 Å². The van der Waals surface area contributed by atoms with E-state index in [0.29, 0.717) is 11.8 Å². The summed E-state index contributed by atoms with van der Waals surface area (Å²) in [5.74, 6) is 1.21. The van der Waals surface area contributed by atoms with Crippen LogP contribution in [0.2, 0.25) is 0 Å². The third-order valence-corrected chi connectivity index (χ3v) is 3.64. The number of anilines is 1. The molecule has 98 valence electrons. The Morgan fingerprint density at radius 1 is 1.16 bits per heavy atom. The molecule has 3 heteroatoms. The molecule has 0 aliphatic heterocycles. The van der Waals surface area contributed by atoms with E-state index in [1.54, 1.807) is 13.2 Å². The summed E-state index contributed by atoms with van der Waals surface area (Å²) in [4.78, 5) is 0. The van der Waals surface area contributed by atoms with E-state index >= 15 is 0 Å². The normalized spacial score (nSPS) is 17.0. The van der Waals surface area contributed by atoms with E-state index in [2.05, 4.69) is 5.32 Å². The van der Waals surface area contributed by atoms with Gasteiger partial charge in [-0.05, 0) is 60.4 Å². The lowest BCUT2D eigenvalue weighted by atomic mass is 10.1. The first-order chi connectivity index (χ1) is 9.26. The fourth-order valence-corrected chi connectivity index (χ4v) is 2.64. The molecule has 0 radical (unpaired) electrons. The Morgan fingerprint density at radius 2 is 1.95 bits per heavy atom. The van der Waals surface area contributed by atoms with Crippen molar-refractivity contribution in [3.63, 3.8) is 0 Å².